The van der Waals surface area contributed by atoms with Crippen LogP contribution in [0.15, 0.2) is 36.4 Å². The van der Waals surface area contributed by atoms with Gasteiger partial charge in [-0.1, -0.05) is 41.1 Å². The van der Waals surface area contributed by atoms with Crippen molar-refractivity contribution in [3.8, 4) is 0 Å². The lowest BCUT2D eigenvalue weighted by Gasteiger charge is -2.29. The maximum atomic E-state index is 13.2. The molecule has 1 aliphatic rings. The molecule has 31 heavy (non-hydrogen) atoms. The summed E-state index contributed by atoms with van der Waals surface area (Å²) in [4.78, 5) is 22.0. The highest BCUT2D eigenvalue weighted by Crippen LogP contribution is 2.35. The van der Waals surface area contributed by atoms with Gasteiger partial charge in [0.25, 0.3) is 0 Å². The van der Waals surface area contributed by atoms with Gasteiger partial charge in [-0.2, -0.15) is 0 Å². The molecule has 2 heterocycles. The maximum Gasteiger partial charge on any atom is 0.233 e. The van der Waals surface area contributed by atoms with Crippen molar-refractivity contribution in [3.63, 3.8) is 0 Å². The van der Waals surface area contributed by atoms with Crippen molar-refractivity contribution in [2.45, 2.75) is 13.3 Å². The third-order valence-electron chi connectivity index (χ3n) is 5.23. The number of carbonyl (C=O) groups is 1. The third-order valence-corrected chi connectivity index (χ3v) is 6.77. The second-order valence-corrected chi connectivity index (χ2v) is 8.73. The number of halogens is 3. The molecule has 1 aliphatic heterocycles. The van der Waals surface area contributed by atoms with Crippen LogP contribution in [0.5, 0.6) is 0 Å². The van der Waals surface area contributed by atoms with E-state index >= 15 is 0 Å². The minimum Gasteiger partial charge on any atom is -0.379 e. The lowest BCUT2D eigenvalue weighted by molar-refractivity contribution is -0.118. The Hall–Kier alpha value is -1.77. The van der Waals surface area contributed by atoms with Gasteiger partial charge in [-0.3, -0.25) is 14.6 Å². The van der Waals surface area contributed by atoms with Crippen LogP contribution in [0.4, 0.5) is 9.52 Å². The molecule has 0 saturated carbocycles. The normalized spacial score (nSPS) is 14.4. The number of morpholine rings is 1. The fourth-order valence-electron chi connectivity index (χ4n) is 3.47. The highest BCUT2D eigenvalue weighted by Gasteiger charge is 2.23. The molecule has 1 amide bonds. The number of aromatic nitrogens is 1. The van der Waals surface area contributed by atoms with E-state index in [1.807, 2.05) is 19.1 Å². The molecule has 0 bridgehead atoms. The SMILES string of the molecule is Cc1ccc(Cl)c2sc(N(CCN3CCOCC3)C(=O)Cc3ccc(F)cc3)nc12.Cl. The van der Waals surface area contributed by atoms with E-state index in [1.165, 1.54) is 23.5 Å². The summed E-state index contributed by atoms with van der Waals surface area (Å²) >= 11 is 7.81. The van der Waals surface area contributed by atoms with Gasteiger partial charge in [-0.15, -0.1) is 12.4 Å². The maximum absolute atomic E-state index is 13.2. The molecular weight excluding hydrogens is 460 g/mol. The van der Waals surface area contributed by atoms with Gasteiger partial charge in [0.05, 0.1) is 34.9 Å². The van der Waals surface area contributed by atoms with Crippen LogP contribution in [0.25, 0.3) is 10.2 Å². The van der Waals surface area contributed by atoms with Crippen LogP contribution in [0.1, 0.15) is 11.1 Å². The standard InChI is InChI=1S/C22H23ClFN3O2S.ClH/c1-15-2-7-18(23)21-20(15)25-22(30-21)27(9-8-26-10-12-29-13-11-26)19(28)14-16-3-5-17(24)6-4-16;/h2-7H,8-14H2,1H3;1H. The Morgan fingerprint density at radius 2 is 1.94 bits per heavy atom. The monoisotopic (exact) mass is 483 g/mol. The molecule has 0 N–H and O–H groups in total. The number of amides is 1. The van der Waals surface area contributed by atoms with Crippen molar-refractivity contribution < 1.29 is 13.9 Å². The quantitative estimate of drug-likeness (QED) is 0.508. The van der Waals surface area contributed by atoms with Gasteiger partial charge in [0.2, 0.25) is 5.91 Å². The Balaban J connectivity index is 0.00000272. The van der Waals surface area contributed by atoms with Crippen LogP contribution in [0.2, 0.25) is 5.02 Å². The highest BCUT2D eigenvalue weighted by atomic mass is 35.5. The average molecular weight is 484 g/mol. The molecule has 1 aromatic heterocycles. The Kier molecular flexibility index (Phi) is 8.24. The van der Waals surface area contributed by atoms with Crippen molar-refractivity contribution >= 4 is 56.6 Å². The van der Waals surface area contributed by atoms with Crippen molar-refractivity contribution in [2.75, 3.05) is 44.3 Å². The van der Waals surface area contributed by atoms with Crippen LogP contribution in [0.3, 0.4) is 0 Å². The van der Waals surface area contributed by atoms with Crippen LogP contribution < -0.4 is 4.90 Å². The van der Waals surface area contributed by atoms with E-state index in [0.717, 1.165) is 41.0 Å². The van der Waals surface area contributed by atoms with E-state index < -0.39 is 0 Å². The molecule has 1 saturated heterocycles. The molecule has 5 nitrogen and oxygen atoms in total. The fraction of sp³-hybridized carbons (Fsp3) is 0.364. The Labute approximate surface area is 196 Å². The lowest BCUT2D eigenvalue weighted by atomic mass is 10.1. The van der Waals surface area contributed by atoms with Gasteiger partial charge in [0, 0.05) is 26.2 Å². The number of hydrogen-bond acceptors (Lipinski definition) is 5. The first-order valence-corrected chi connectivity index (χ1v) is 11.1. The van der Waals surface area contributed by atoms with Crippen LogP contribution in [-0.2, 0) is 16.0 Å². The first kappa shape index (κ1) is 23.9. The zero-order chi connectivity index (χ0) is 21.1. The van der Waals surface area contributed by atoms with Crippen LogP contribution >= 0.6 is 35.3 Å². The number of ether oxygens (including phenoxy) is 1. The smallest absolute Gasteiger partial charge is 0.233 e. The van der Waals surface area contributed by atoms with Gasteiger partial charge >= 0.3 is 0 Å². The molecule has 3 aromatic rings. The number of hydrogen-bond donors (Lipinski definition) is 0. The Morgan fingerprint density at radius 1 is 1.23 bits per heavy atom. The molecule has 1 fully saturated rings. The zero-order valence-corrected chi connectivity index (χ0v) is 19.5. The summed E-state index contributed by atoms with van der Waals surface area (Å²) in [5, 5.41) is 1.28. The van der Waals surface area contributed by atoms with Crippen LogP contribution in [0, 0.1) is 12.7 Å². The molecule has 0 unspecified atom stereocenters. The summed E-state index contributed by atoms with van der Waals surface area (Å²) in [5.41, 5.74) is 2.62. The lowest BCUT2D eigenvalue weighted by Crippen LogP contribution is -2.43. The minimum atomic E-state index is -0.313. The summed E-state index contributed by atoms with van der Waals surface area (Å²) < 4.78 is 19.5. The van der Waals surface area contributed by atoms with E-state index in [0.29, 0.717) is 29.9 Å². The second-order valence-electron chi connectivity index (χ2n) is 7.34. The van der Waals surface area contributed by atoms with Gasteiger partial charge < -0.3 is 4.74 Å². The van der Waals surface area contributed by atoms with Crippen molar-refractivity contribution in [2.24, 2.45) is 0 Å². The van der Waals surface area contributed by atoms with Crippen molar-refractivity contribution in [1.29, 1.82) is 0 Å². The first-order valence-electron chi connectivity index (χ1n) is 9.92. The molecule has 166 valence electrons. The molecule has 4 rings (SSSR count). The largest absolute Gasteiger partial charge is 0.379 e. The van der Waals surface area contributed by atoms with Gasteiger partial charge in [-0.05, 0) is 36.2 Å². The van der Waals surface area contributed by atoms with Gasteiger partial charge in [0.1, 0.15) is 5.82 Å². The molecule has 2 aromatic carbocycles. The van der Waals surface area contributed by atoms with Gasteiger partial charge in [-0.25, -0.2) is 9.37 Å². The second kappa shape index (κ2) is 10.7. The fourth-order valence-corrected chi connectivity index (χ4v) is 4.83. The summed E-state index contributed by atoms with van der Waals surface area (Å²) in [5.74, 6) is -0.380. The number of thiazole rings is 1. The molecule has 0 radical (unpaired) electrons. The molecule has 0 aliphatic carbocycles. The Morgan fingerprint density at radius 3 is 2.61 bits per heavy atom. The van der Waals surface area contributed by atoms with E-state index in [9.17, 15) is 9.18 Å². The molecule has 0 atom stereocenters. The number of rotatable bonds is 6. The number of aryl methyl sites for hydroxylation is 1. The average Bonchev–Trinajstić information content (AvgIpc) is 3.20. The number of anilines is 1. The molecule has 9 heteroatoms. The first-order chi connectivity index (χ1) is 14.5. The predicted octanol–water partition coefficient (Wildman–Crippen LogP) is 4.73. The zero-order valence-electron chi connectivity index (χ0n) is 17.1. The predicted molar refractivity (Wildman–Crippen MR) is 126 cm³/mol. The topological polar surface area (TPSA) is 45.7 Å². The number of carbonyl (C=O) groups excluding carboxylic acids is 1. The number of benzene rings is 2. The summed E-state index contributed by atoms with van der Waals surface area (Å²) in [6.45, 7) is 6.37. The molecule has 0 spiro atoms. The van der Waals surface area contributed by atoms with Gasteiger partial charge in [0.15, 0.2) is 5.13 Å². The van der Waals surface area contributed by atoms with E-state index in [4.69, 9.17) is 21.3 Å². The Bertz CT molecular complexity index is 1000. The van der Waals surface area contributed by atoms with Crippen molar-refractivity contribution in [1.82, 2.24) is 9.88 Å². The van der Waals surface area contributed by atoms with E-state index in [1.54, 1.807) is 17.0 Å². The molecular formula is C22H24Cl2FN3O2S. The third kappa shape index (κ3) is 5.73. The van der Waals surface area contributed by atoms with Crippen LogP contribution in [-0.4, -0.2) is 55.2 Å². The summed E-state index contributed by atoms with van der Waals surface area (Å²) in [7, 11) is 0. The summed E-state index contributed by atoms with van der Waals surface area (Å²) in [6, 6.07) is 9.84. The highest BCUT2D eigenvalue weighted by molar-refractivity contribution is 7.23. The number of nitrogens with zero attached hydrogens (tertiary/aromatic N) is 3. The summed E-state index contributed by atoms with van der Waals surface area (Å²) in [6.07, 6.45) is 0.187. The van der Waals surface area contributed by atoms with Crippen molar-refractivity contribution in [3.05, 3.63) is 58.4 Å². The minimum absolute atomic E-state index is 0. The van der Waals surface area contributed by atoms with E-state index in [-0.39, 0.29) is 30.6 Å². The number of fused-ring (bicyclic) bond motifs is 1. The van der Waals surface area contributed by atoms with E-state index in [2.05, 4.69) is 4.90 Å².